The Labute approximate surface area is 99.7 Å². The van der Waals surface area contributed by atoms with Gasteiger partial charge in [0.15, 0.2) is 6.29 Å². The number of nitrogens with one attached hydrogen (secondary N) is 1. The van der Waals surface area contributed by atoms with Crippen LogP contribution in [0.5, 0.6) is 0 Å². The van der Waals surface area contributed by atoms with Gasteiger partial charge in [-0.2, -0.15) is 0 Å². The number of nitrogens with zero attached hydrogens (tertiary/aromatic N) is 2. The van der Waals surface area contributed by atoms with Crippen LogP contribution >= 0.6 is 0 Å². The highest BCUT2D eigenvalue weighted by Crippen LogP contribution is 2.16. The molecule has 4 nitrogen and oxygen atoms in total. The number of fused-ring (bicyclic) bond motifs is 1. The molecule has 1 saturated heterocycles. The van der Waals surface area contributed by atoms with Gasteiger partial charge < -0.3 is 9.72 Å². The van der Waals surface area contributed by atoms with Crippen molar-refractivity contribution in [3.8, 4) is 0 Å². The summed E-state index contributed by atoms with van der Waals surface area (Å²) in [6.45, 7) is 2.18. The molecule has 2 aromatic heterocycles. The van der Waals surface area contributed by atoms with Crippen molar-refractivity contribution in [3.05, 3.63) is 35.9 Å². The quantitative estimate of drug-likeness (QED) is 0.807. The molecule has 0 radical (unpaired) electrons. The molecule has 3 rings (SSSR count). The van der Waals surface area contributed by atoms with Gasteiger partial charge in [0.25, 0.3) is 0 Å². The average molecular weight is 229 g/mol. The van der Waals surface area contributed by atoms with E-state index in [1.165, 1.54) is 6.42 Å². The summed E-state index contributed by atoms with van der Waals surface area (Å²) in [6.07, 6.45) is 6.80. The monoisotopic (exact) mass is 229 g/mol. The normalized spacial score (nSPS) is 19.9. The van der Waals surface area contributed by atoms with Crippen molar-refractivity contribution in [2.24, 2.45) is 5.92 Å². The van der Waals surface area contributed by atoms with Crippen molar-refractivity contribution in [1.82, 2.24) is 14.7 Å². The standard InChI is InChI=1S/C13H15N3O/c17-9-11-1-2-12-7-15-13(16(12)8-11)5-10-3-4-14-6-10/h1-2,7-10,14H,3-6H2. The summed E-state index contributed by atoms with van der Waals surface area (Å²) in [4.78, 5) is 15.2. The lowest BCUT2D eigenvalue weighted by Gasteiger charge is -2.07. The second kappa shape index (κ2) is 4.30. The molecule has 0 bridgehead atoms. The minimum absolute atomic E-state index is 0.667. The zero-order valence-electron chi connectivity index (χ0n) is 9.60. The lowest BCUT2D eigenvalue weighted by atomic mass is 10.0. The summed E-state index contributed by atoms with van der Waals surface area (Å²) in [5.41, 5.74) is 1.75. The molecular formula is C13H15N3O. The van der Waals surface area contributed by atoms with Gasteiger partial charge in [-0.1, -0.05) is 0 Å². The van der Waals surface area contributed by atoms with Crippen molar-refractivity contribution >= 4 is 11.8 Å². The molecule has 1 N–H and O–H groups in total. The summed E-state index contributed by atoms with van der Waals surface area (Å²) in [7, 11) is 0. The summed E-state index contributed by atoms with van der Waals surface area (Å²) >= 11 is 0. The molecule has 1 fully saturated rings. The van der Waals surface area contributed by atoms with Gasteiger partial charge in [0.05, 0.1) is 11.7 Å². The first kappa shape index (κ1) is 10.5. The molecule has 88 valence electrons. The Morgan fingerprint density at radius 2 is 2.47 bits per heavy atom. The maximum Gasteiger partial charge on any atom is 0.151 e. The van der Waals surface area contributed by atoms with Gasteiger partial charge in [0.2, 0.25) is 0 Å². The molecule has 0 amide bonds. The van der Waals surface area contributed by atoms with Gasteiger partial charge in [-0.15, -0.1) is 0 Å². The zero-order valence-corrected chi connectivity index (χ0v) is 9.60. The van der Waals surface area contributed by atoms with Crippen LogP contribution < -0.4 is 5.32 Å². The highest BCUT2D eigenvalue weighted by molar-refractivity contribution is 5.75. The first-order valence-electron chi connectivity index (χ1n) is 5.99. The summed E-state index contributed by atoms with van der Waals surface area (Å²) < 4.78 is 2.03. The van der Waals surface area contributed by atoms with E-state index in [4.69, 9.17) is 0 Å². The molecule has 1 aliphatic heterocycles. The van der Waals surface area contributed by atoms with Crippen molar-refractivity contribution in [1.29, 1.82) is 0 Å². The summed E-state index contributed by atoms with van der Waals surface area (Å²) in [5.74, 6) is 1.72. The van der Waals surface area contributed by atoms with E-state index in [9.17, 15) is 4.79 Å². The Bertz CT molecular complexity index is 541. The largest absolute Gasteiger partial charge is 0.316 e. The molecule has 0 spiro atoms. The topological polar surface area (TPSA) is 46.4 Å². The highest BCUT2D eigenvalue weighted by Gasteiger charge is 2.17. The molecule has 0 aliphatic carbocycles. The minimum Gasteiger partial charge on any atom is -0.316 e. The van der Waals surface area contributed by atoms with Gasteiger partial charge in [-0.3, -0.25) is 4.79 Å². The Hall–Kier alpha value is -1.68. The first-order chi connectivity index (χ1) is 8.36. The third-order valence-corrected chi connectivity index (χ3v) is 3.40. The van der Waals surface area contributed by atoms with Crippen LogP contribution in [0.25, 0.3) is 5.52 Å². The highest BCUT2D eigenvalue weighted by atomic mass is 16.1. The number of aldehydes is 1. The number of imidazole rings is 1. The number of hydrogen-bond acceptors (Lipinski definition) is 3. The molecule has 2 aromatic rings. The maximum atomic E-state index is 10.8. The van der Waals surface area contributed by atoms with E-state index in [-0.39, 0.29) is 0 Å². The molecular weight excluding hydrogens is 214 g/mol. The van der Waals surface area contributed by atoms with Crippen LogP contribution in [0, 0.1) is 5.92 Å². The smallest absolute Gasteiger partial charge is 0.151 e. The Kier molecular flexibility index (Phi) is 2.65. The van der Waals surface area contributed by atoms with Gasteiger partial charge in [0.1, 0.15) is 5.82 Å². The van der Waals surface area contributed by atoms with Crippen LogP contribution in [0.2, 0.25) is 0 Å². The Balaban J connectivity index is 1.94. The number of carbonyl (C=O) groups excluding carboxylic acids is 1. The van der Waals surface area contributed by atoms with E-state index >= 15 is 0 Å². The van der Waals surface area contributed by atoms with Crippen molar-refractivity contribution in [2.45, 2.75) is 12.8 Å². The third kappa shape index (κ3) is 1.96. The Morgan fingerprint density at radius 3 is 3.24 bits per heavy atom. The third-order valence-electron chi connectivity index (χ3n) is 3.40. The zero-order chi connectivity index (χ0) is 11.7. The average Bonchev–Trinajstić information content (AvgIpc) is 2.99. The van der Waals surface area contributed by atoms with E-state index in [0.29, 0.717) is 11.5 Å². The van der Waals surface area contributed by atoms with Crippen LogP contribution in [-0.2, 0) is 6.42 Å². The van der Waals surface area contributed by atoms with Crippen LogP contribution in [0.15, 0.2) is 24.5 Å². The molecule has 17 heavy (non-hydrogen) atoms. The van der Waals surface area contributed by atoms with E-state index in [1.54, 1.807) is 0 Å². The second-order valence-electron chi connectivity index (χ2n) is 4.61. The fraction of sp³-hybridized carbons (Fsp3) is 0.385. The lowest BCUT2D eigenvalue weighted by Crippen LogP contribution is -2.12. The summed E-state index contributed by atoms with van der Waals surface area (Å²) in [6, 6.07) is 3.76. The van der Waals surface area contributed by atoms with Crippen molar-refractivity contribution in [3.63, 3.8) is 0 Å². The molecule has 4 heteroatoms. The molecule has 3 heterocycles. The molecule has 0 aromatic carbocycles. The van der Waals surface area contributed by atoms with Crippen LogP contribution in [0.4, 0.5) is 0 Å². The molecule has 1 unspecified atom stereocenters. The van der Waals surface area contributed by atoms with Crippen LogP contribution in [-0.4, -0.2) is 28.8 Å². The molecule has 0 saturated carbocycles. The fourth-order valence-corrected chi connectivity index (χ4v) is 2.43. The van der Waals surface area contributed by atoms with Crippen molar-refractivity contribution in [2.75, 3.05) is 13.1 Å². The van der Waals surface area contributed by atoms with Crippen LogP contribution in [0.1, 0.15) is 22.6 Å². The van der Waals surface area contributed by atoms with Crippen molar-refractivity contribution < 1.29 is 4.79 Å². The van der Waals surface area contributed by atoms with E-state index in [0.717, 1.165) is 37.1 Å². The lowest BCUT2D eigenvalue weighted by molar-refractivity contribution is 0.112. The van der Waals surface area contributed by atoms with Gasteiger partial charge >= 0.3 is 0 Å². The van der Waals surface area contributed by atoms with Gasteiger partial charge in [-0.05, 0) is 37.6 Å². The Morgan fingerprint density at radius 1 is 1.53 bits per heavy atom. The second-order valence-corrected chi connectivity index (χ2v) is 4.61. The number of pyridine rings is 1. The minimum atomic E-state index is 0.667. The SMILES string of the molecule is O=Cc1ccc2cnc(CC3CCNC3)n2c1. The van der Waals surface area contributed by atoms with E-state index < -0.39 is 0 Å². The van der Waals surface area contributed by atoms with E-state index in [2.05, 4.69) is 10.3 Å². The maximum absolute atomic E-state index is 10.8. The molecule has 1 atom stereocenters. The predicted octanol–water partition coefficient (Wildman–Crippen LogP) is 1.30. The number of rotatable bonds is 3. The molecule has 1 aliphatic rings. The predicted molar refractivity (Wildman–Crippen MR) is 65.3 cm³/mol. The first-order valence-corrected chi connectivity index (χ1v) is 5.99. The van der Waals surface area contributed by atoms with Crippen LogP contribution in [0.3, 0.4) is 0 Å². The van der Waals surface area contributed by atoms with E-state index in [1.807, 2.05) is 28.9 Å². The van der Waals surface area contributed by atoms with Gasteiger partial charge in [-0.25, -0.2) is 4.98 Å². The summed E-state index contributed by atoms with van der Waals surface area (Å²) in [5, 5.41) is 3.36. The number of carbonyl (C=O) groups is 1. The van der Waals surface area contributed by atoms with Gasteiger partial charge in [0, 0.05) is 18.2 Å². The fourth-order valence-electron chi connectivity index (χ4n) is 2.43. The number of hydrogen-bond donors (Lipinski definition) is 1. The number of aromatic nitrogens is 2.